The highest BCUT2D eigenvalue weighted by Gasteiger charge is 2.21. The van der Waals surface area contributed by atoms with E-state index in [-0.39, 0.29) is 5.56 Å². The lowest BCUT2D eigenvalue weighted by molar-refractivity contribution is 1.03. The van der Waals surface area contributed by atoms with Crippen molar-refractivity contribution in [2.24, 2.45) is 0 Å². The molecular weight excluding hydrogens is 308 g/mol. The lowest BCUT2D eigenvalue weighted by Crippen LogP contribution is -2.23. The molecule has 0 atom stereocenters. The van der Waals surface area contributed by atoms with Gasteiger partial charge in [0.05, 0.1) is 14.0 Å². The van der Waals surface area contributed by atoms with Crippen molar-refractivity contribution < 1.29 is 0 Å². The predicted molar refractivity (Wildman–Crippen MR) is 82.2 cm³/mol. The van der Waals surface area contributed by atoms with Gasteiger partial charge in [0.2, 0.25) is 0 Å². The molecule has 2 N–H and O–H groups in total. The molecule has 4 nitrogen and oxygen atoms in total. The summed E-state index contributed by atoms with van der Waals surface area (Å²) in [6.07, 6.45) is 1.46. The molecule has 3 rings (SSSR count). The summed E-state index contributed by atoms with van der Waals surface area (Å²) in [4.78, 5) is 28.2. The second kappa shape index (κ2) is 5.12. The summed E-state index contributed by atoms with van der Waals surface area (Å²) in [5, 5.41) is 6.02. The number of thioether (sulfide) groups is 4. The Hall–Kier alpha value is -0.700. The summed E-state index contributed by atoms with van der Waals surface area (Å²) < 4.78 is 2.41. The summed E-state index contributed by atoms with van der Waals surface area (Å²) in [5.74, 6) is 0. The van der Waals surface area contributed by atoms with Gasteiger partial charge in [-0.25, -0.2) is 4.79 Å². The van der Waals surface area contributed by atoms with Gasteiger partial charge in [-0.15, -0.1) is 0 Å². The van der Waals surface area contributed by atoms with Gasteiger partial charge < -0.3 is 4.98 Å². The first-order chi connectivity index (χ1) is 8.74. The van der Waals surface area contributed by atoms with Crippen molar-refractivity contribution in [1.29, 1.82) is 0 Å². The van der Waals surface area contributed by atoms with Crippen LogP contribution in [0.5, 0.6) is 0 Å². The number of H-pyrrole nitrogens is 2. The molecule has 92 valence electrons. The number of hydrogen-bond acceptors (Lipinski definition) is 6. The van der Waals surface area contributed by atoms with Crippen LogP contribution >= 0.6 is 47.0 Å². The molecule has 0 unspecified atom stereocenters. The van der Waals surface area contributed by atoms with Gasteiger partial charge in [0.15, 0.2) is 0 Å². The van der Waals surface area contributed by atoms with Gasteiger partial charge in [-0.3, -0.25) is 9.78 Å². The van der Waals surface area contributed by atoms with Crippen molar-refractivity contribution in [2.75, 3.05) is 0 Å². The molecule has 0 spiro atoms. The minimum absolute atomic E-state index is 0.353. The van der Waals surface area contributed by atoms with E-state index >= 15 is 0 Å². The maximum Gasteiger partial charge on any atom is 0.325 e. The standard InChI is InChI=1S/C10H6N2O2S4/c13-7-5(3-11-10(14)12-7)6-4-17-9(18-6)8-15-1-2-16-8/h1-4H,(H2,11,12,13,14). The van der Waals surface area contributed by atoms with Gasteiger partial charge in [-0.1, -0.05) is 47.0 Å². The summed E-state index contributed by atoms with van der Waals surface area (Å²) >= 11 is 6.54. The summed E-state index contributed by atoms with van der Waals surface area (Å²) in [7, 11) is 0. The average molecular weight is 314 g/mol. The summed E-state index contributed by atoms with van der Waals surface area (Å²) in [5.41, 5.74) is -0.331. The fourth-order valence-corrected chi connectivity index (χ4v) is 5.84. The van der Waals surface area contributed by atoms with Gasteiger partial charge in [0.1, 0.15) is 0 Å². The minimum Gasteiger partial charge on any atom is -0.313 e. The third kappa shape index (κ3) is 2.37. The van der Waals surface area contributed by atoms with E-state index in [1.807, 2.05) is 16.2 Å². The van der Waals surface area contributed by atoms with Crippen LogP contribution < -0.4 is 11.2 Å². The normalized spacial score (nSPS) is 18.6. The molecular formula is C10H6N2O2S4. The van der Waals surface area contributed by atoms with Crippen molar-refractivity contribution in [3.05, 3.63) is 57.3 Å². The molecule has 0 aliphatic carbocycles. The molecule has 0 aromatic carbocycles. The predicted octanol–water partition coefficient (Wildman–Crippen LogP) is 2.92. The van der Waals surface area contributed by atoms with Crippen LogP contribution in [0, 0.1) is 0 Å². The molecule has 0 fully saturated rings. The quantitative estimate of drug-likeness (QED) is 0.831. The zero-order chi connectivity index (χ0) is 12.5. The van der Waals surface area contributed by atoms with E-state index in [9.17, 15) is 9.59 Å². The molecule has 0 saturated carbocycles. The van der Waals surface area contributed by atoms with Crippen LogP contribution in [-0.4, -0.2) is 9.97 Å². The largest absolute Gasteiger partial charge is 0.325 e. The zero-order valence-corrected chi connectivity index (χ0v) is 12.0. The lowest BCUT2D eigenvalue weighted by atomic mass is 10.3. The SMILES string of the molecule is O=c1[nH]cc(C2=CSC(=C3SC=CS3)S2)c(=O)[nH]1. The molecule has 8 heteroatoms. The minimum atomic E-state index is -0.482. The van der Waals surface area contributed by atoms with E-state index in [0.717, 1.165) is 4.91 Å². The fourth-order valence-electron chi connectivity index (χ4n) is 1.36. The van der Waals surface area contributed by atoms with E-state index in [2.05, 4.69) is 9.97 Å². The van der Waals surface area contributed by atoms with Crippen molar-refractivity contribution in [2.45, 2.75) is 0 Å². The Kier molecular flexibility index (Phi) is 3.51. The molecule has 1 aromatic rings. The van der Waals surface area contributed by atoms with Gasteiger partial charge in [0, 0.05) is 11.1 Å². The Bertz CT molecular complexity index is 688. The first kappa shape index (κ1) is 12.3. The maximum atomic E-state index is 11.7. The number of rotatable bonds is 1. The monoisotopic (exact) mass is 314 g/mol. The number of aromatic nitrogens is 2. The van der Waals surface area contributed by atoms with Crippen LogP contribution in [-0.2, 0) is 0 Å². The van der Waals surface area contributed by atoms with E-state index in [0.29, 0.717) is 5.56 Å². The van der Waals surface area contributed by atoms with Crippen LogP contribution in [0.25, 0.3) is 4.91 Å². The number of hydrogen-bond donors (Lipinski definition) is 2. The van der Waals surface area contributed by atoms with Crippen LogP contribution in [0.15, 0.2) is 40.5 Å². The molecule has 0 saturated heterocycles. The molecule has 0 amide bonds. The molecule has 0 radical (unpaired) electrons. The van der Waals surface area contributed by atoms with E-state index in [4.69, 9.17) is 0 Å². The highest BCUT2D eigenvalue weighted by molar-refractivity contribution is 8.35. The smallest absolute Gasteiger partial charge is 0.313 e. The summed E-state index contributed by atoms with van der Waals surface area (Å²) in [6, 6.07) is 0. The van der Waals surface area contributed by atoms with E-state index < -0.39 is 5.69 Å². The molecule has 18 heavy (non-hydrogen) atoms. The molecule has 0 bridgehead atoms. The Morgan fingerprint density at radius 3 is 2.50 bits per heavy atom. The van der Waals surface area contributed by atoms with Crippen LogP contribution in [0.4, 0.5) is 0 Å². The van der Waals surface area contributed by atoms with Crippen molar-refractivity contribution >= 4 is 52.0 Å². The van der Waals surface area contributed by atoms with Crippen molar-refractivity contribution in [3.8, 4) is 0 Å². The number of nitrogens with one attached hydrogen (secondary N) is 2. The second-order valence-electron chi connectivity index (χ2n) is 3.27. The van der Waals surface area contributed by atoms with Crippen molar-refractivity contribution in [1.82, 2.24) is 9.97 Å². The van der Waals surface area contributed by atoms with Gasteiger partial charge in [-0.05, 0) is 16.2 Å². The Labute approximate surface area is 119 Å². The Balaban J connectivity index is 1.90. The first-order valence-corrected chi connectivity index (χ1v) is 8.29. The van der Waals surface area contributed by atoms with Gasteiger partial charge in [-0.2, -0.15) is 0 Å². The van der Waals surface area contributed by atoms with Crippen LogP contribution in [0.3, 0.4) is 0 Å². The Morgan fingerprint density at radius 2 is 1.78 bits per heavy atom. The van der Waals surface area contributed by atoms with Crippen molar-refractivity contribution in [3.63, 3.8) is 0 Å². The molecule has 1 aromatic heterocycles. The molecule has 2 aliphatic heterocycles. The van der Waals surface area contributed by atoms with Crippen LogP contribution in [0.1, 0.15) is 5.56 Å². The zero-order valence-electron chi connectivity index (χ0n) is 8.76. The highest BCUT2D eigenvalue weighted by atomic mass is 32.2. The highest BCUT2D eigenvalue weighted by Crippen LogP contribution is 2.55. The average Bonchev–Trinajstić information content (AvgIpc) is 2.99. The van der Waals surface area contributed by atoms with Gasteiger partial charge in [0.25, 0.3) is 5.56 Å². The van der Waals surface area contributed by atoms with Gasteiger partial charge >= 0.3 is 5.69 Å². The Morgan fingerprint density at radius 1 is 1.00 bits per heavy atom. The topological polar surface area (TPSA) is 65.7 Å². The maximum absolute atomic E-state index is 11.7. The number of aromatic amines is 2. The first-order valence-electron chi connectivity index (χ1n) is 4.84. The lowest BCUT2D eigenvalue weighted by Gasteiger charge is -2.01. The third-order valence-electron chi connectivity index (χ3n) is 2.13. The third-order valence-corrected chi connectivity index (χ3v) is 7.19. The molecule has 3 heterocycles. The second-order valence-corrected chi connectivity index (χ2v) is 7.55. The fraction of sp³-hybridized carbons (Fsp3) is 0. The van der Waals surface area contributed by atoms with Crippen LogP contribution in [0.2, 0.25) is 0 Å². The van der Waals surface area contributed by atoms with E-state index in [1.165, 1.54) is 14.7 Å². The van der Waals surface area contributed by atoms with E-state index in [1.54, 1.807) is 47.0 Å². The summed E-state index contributed by atoms with van der Waals surface area (Å²) in [6.45, 7) is 0. The molecule has 2 aliphatic rings.